The predicted octanol–water partition coefficient (Wildman–Crippen LogP) is 3.70. The first-order valence-corrected chi connectivity index (χ1v) is 11.2. The summed E-state index contributed by atoms with van der Waals surface area (Å²) in [7, 11) is 1.85. The molecule has 0 bridgehead atoms. The Morgan fingerprint density at radius 2 is 2.03 bits per heavy atom. The minimum Gasteiger partial charge on any atom is -0.455 e. The summed E-state index contributed by atoms with van der Waals surface area (Å²) in [6.45, 7) is 4.81. The molecule has 3 aromatic rings. The number of rotatable bonds is 6. The zero-order valence-corrected chi connectivity index (χ0v) is 19.5. The third kappa shape index (κ3) is 5.40. The Balaban J connectivity index is 1.42. The minimum absolute atomic E-state index is 0.314. The molecule has 4 rings (SSSR count). The monoisotopic (exact) mass is 464 g/mol. The molecule has 0 aliphatic carbocycles. The van der Waals surface area contributed by atoms with Crippen molar-refractivity contribution >= 4 is 17.8 Å². The molecule has 1 aliphatic heterocycles. The number of pyridine rings is 2. The van der Waals surface area contributed by atoms with Crippen molar-refractivity contribution in [1.82, 2.24) is 25.1 Å². The Morgan fingerprint density at radius 1 is 1.24 bits per heavy atom. The van der Waals surface area contributed by atoms with E-state index in [1.807, 2.05) is 33.2 Å². The van der Waals surface area contributed by atoms with Gasteiger partial charge in [0.15, 0.2) is 0 Å². The summed E-state index contributed by atoms with van der Waals surface area (Å²) in [4.78, 5) is 33.8. The summed E-state index contributed by atoms with van der Waals surface area (Å²) >= 11 is 0. The van der Waals surface area contributed by atoms with Crippen LogP contribution in [0.5, 0.6) is 11.5 Å². The van der Waals surface area contributed by atoms with Crippen molar-refractivity contribution < 1.29 is 19.1 Å². The second kappa shape index (κ2) is 10.0. The highest BCUT2D eigenvalue weighted by molar-refractivity contribution is 6.02. The number of imide groups is 1. The van der Waals surface area contributed by atoms with E-state index in [1.165, 1.54) is 0 Å². The van der Waals surface area contributed by atoms with Gasteiger partial charge in [-0.3, -0.25) is 25.1 Å². The van der Waals surface area contributed by atoms with Crippen LogP contribution in [-0.4, -0.2) is 44.9 Å². The number of aryl methyl sites for hydroxylation is 2. The molecule has 0 spiro atoms. The van der Waals surface area contributed by atoms with E-state index in [0.29, 0.717) is 55.5 Å². The lowest BCUT2D eigenvalue weighted by atomic mass is 9.81. The molecule has 0 aromatic carbocycles. The van der Waals surface area contributed by atoms with E-state index in [9.17, 15) is 9.59 Å². The van der Waals surface area contributed by atoms with E-state index in [2.05, 4.69) is 25.7 Å². The predicted molar refractivity (Wildman–Crippen MR) is 125 cm³/mol. The van der Waals surface area contributed by atoms with Crippen molar-refractivity contribution in [3.8, 4) is 22.8 Å². The number of carbonyl (C=O) groups is 2. The number of ether oxygens (including phenoxy) is 2. The number of urea groups is 1. The van der Waals surface area contributed by atoms with Gasteiger partial charge in [0.1, 0.15) is 17.3 Å². The second-order valence-corrected chi connectivity index (χ2v) is 8.46. The lowest BCUT2D eigenvalue weighted by molar-refractivity contribution is -0.133. The summed E-state index contributed by atoms with van der Waals surface area (Å²) in [5, 5.41) is 9.24. The Kier molecular flexibility index (Phi) is 6.87. The molecule has 178 valence electrons. The maximum absolute atomic E-state index is 12.6. The third-order valence-electron chi connectivity index (χ3n) is 5.84. The van der Waals surface area contributed by atoms with Gasteiger partial charge in [-0.1, -0.05) is 13.8 Å². The standard InChI is InChI=1S/C24H28N6O4/c1-4-18-20(34-17-7-10-25-19(13-17)16-14-26-30(3)15-16)5-6-21(27-18)28-23(32)29-22(31)24(2)8-11-33-12-9-24/h5-7,10,13-15H,4,8-9,11-12H2,1-3H3,(H2,27,28,29,31,32). The normalized spacial score (nSPS) is 14.9. The molecule has 3 amide bonds. The molecule has 1 fully saturated rings. The van der Waals surface area contributed by atoms with Crippen LogP contribution < -0.4 is 15.4 Å². The molecule has 2 N–H and O–H groups in total. The van der Waals surface area contributed by atoms with E-state index in [1.54, 1.807) is 35.3 Å². The first-order valence-electron chi connectivity index (χ1n) is 11.2. The lowest BCUT2D eigenvalue weighted by Gasteiger charge is -2.31. The fourth-order valence-corrected chi connectivity index (χ4v) is 3.67. The Labute approximate surface area is 197 Å². The van der Waals surface area contributed by atoms with Crippen LogP contribution in [0.15, 0.2) is 42.9 Å². The van der Waals surface area contributed by atoms with Crippen molar-refractivity contribution in [2.24, 2.45) is 12.5 Å². The van der Waals surface area contributed by atoms with Crippen LogP contribution in [0, 0.1) is 5.41 Å². The number of nitrogens with one attached hydrogen (secondary N) is 2. The van der Waals surface area contributed by atoms with E-state index in [4.69, 9.17) is 9.47 Å². The van der Waals surface area contributed by atoms with Crippen molar-refractivity contribution in [2.45, 2.75) is 33.1 Å². The molecule has 4 heterocycles. The number of hydrogen-bond acceptors (Lipinski definition) is 7. The van der Waals surface area contributed by atoms with Crippen molar-refractivity contribution in [3.05, 3.63) is 48.5 Å². The average Bonchev–Trinajstić information content (AvgIpc) is 3.27. The summed E-state index contributed by atoms with van der Waals surface area (Å²) < 4.78 is 13.1. The van der Waals surface area contributed by atoms with Gasteiger partial charge < -0.3 is 9.47 Å². The van der Waals surface area contributed by atoms with Gasteiger partial charge in [-0.05, 0) is 37.5 Å². The Bertz CT molecular complexity index is 1190. The van der Waals surface area contributed by atoms with E-state index in [-0.39, 0.29) is 5.91 Å². The fourth-order valence-electron chi connectivity index (χ4n) is 3.67. The van der Waals surface area contributed by atoms with Gasteiger partial charge in [-0.25, -0.2) is 9.78 Å². The molecule has 0 radical (unpaired) electrons. The van der Waals surface area contributed by atoms with Gasteiger partial charge in [-0.15, -0.1) is 0 Å². The number of aromatic nitrogens is 4. The first kappa shape index (κ1) is 23.4. The van der Waals surface area contributed by atoms with Crippen LogP contribution in [0.4, 0.5) is 10.6 Å². The van der Waals surface area contributed by atoms with Crippen LogP contribution in [0.1, 0.15) is 32.4 Å². The van der Waals surface area contributed by atoms with E-state index in [0.717, 1.165) is 11.3 Å². The second-order valence-electron chi connectivity index (χ2n) is 8.46. The largest absolute Gasteiger partial charge is 0.455 e. The molecule has 0 atom stereocenters. The molecule has 0 saturated carbocycles. The number of hydrogen-bond donors (Lipinski definition) is 2. The van der Waals surface area contributed by atoms with Crippen LogP contribution in [0.3, 0.4) is 0 Å². The van der Waals surface area contributed by atoms with E-state index >= 15 is 0 Å². The van der Waals surface area contributed by atoms with Crippen LogP contribution in [-0.2, 0) is 23.0 Å². The van der Waals surface area contributed by atoms with Gasteiger partial charge in [0.05, 0.1) is 23.0 Å². The molecule has 34 heavy (non-hydrogen) atoms. The highest BCUT2D eigenvalue weighted by Gasteiger charge is 2.36. The van der Waals surface area contributed by atoms with Gasteiger partial charge >= 0.3 is 6.03 Å². The molecule has 1 aliphatic rings. The quantitative estimate of drug-likeness (QED) is 0.571. The number of amides is 3. The fraction of sp³-hybridized carbons (Fsp3) is 0.375. The molecule has 3 aromatic heterocycles. The summed E-state index contributed by atoms with van der Waals surface area (Å²) in [6.07, 6.45) is 7.03. The zero-order chi connectivity index (χ0) is 24.1. The molecule has 1 saturated heterocycles. The SMILES string of the molecule is CCc1nc(NC(=O)NC(=O)C2(C)CCOCC2)ccc1Oc1ccnc(-c2cnn(C)c2)c1. The number of nitrogens with zero attached hydrogens (tertiary/aromatic N) is 4. The highest BCUT2D eigenvalue weighted by Crippen LogP contribution is 2.30. The number of anilines is 1. The molecule has 10 nitrogen and oxygen atoms in total. The smallest absolute Gasteiger partial charge is 0.327 e. The van der Waals surface area contributed by atoms with Crippen LogP contribution >= 0.6 is 0 Å². The van der Waals surface area contributed by atoms with Gasteiger partial charge in [0.2, 0.25) is 5.91 Å². The molecule has 0 unspecified atom stereocenters. The van der Waals surface area contributed by atoms with Crippen molar-refractivity contribution in [3.63, 3.8) is 0 Å². The average molecular weight is 465 g/mol. The topological polar surface area (TPSA) is 120 Å². The number of carbonyl (C=O) groups excluding carboxylic acids is 2. The van der Waals surface area contributed by atoms with E-state index < -0.39 is 11.4 Å². The Hall–Kier alpha value is -3.79. The first-order chi connectivity index (χ1) is 16.4. The Morgan fingerprint density at radius 3 is 2.74 bits per heavy atom. The summed E-state index contributed by atoms with van der Waals surface area (Å²) in [5.74, 6) is 1.20. The van der Waals surface area contributed by atoms with Crippen molar-refractivity contribution in [2.75, 3.05) is 18.5 Å². The molecular weight excluding hydrogens is 436 g/mol. The zero-order valence-electron chi connectivity index (χ0n) is 19.5. The lowest BCUT2D eigenvalue weighted by Crippen LogP contribution is -2.46. The van der Waals surface area contributed by atoms with Crippen LogP contribution in [0.25, 0.3) is 11.3 Å². The maximum Gasteiger partial charge on any atom is 0.327 e. The maximum atomic E-state index is 12.6. The highest BCUT2D eigenvalue weighted by atomic mass is 16.5. The summed E-state index contributed by atoms with van der Waals surface area (Å²) in [5.41, 5.74) is 1.68. The van der Waals surface area contributed by atoms with Gasteiger partial charge in [0.25, 0.3) is 0 Å². The van der Waals surface area contributed by atoms with Gasteiger partial charge in [0, 0.05) is 44.3 Å². The third-order valence-corrected chi connectivity index (χ3v) is 5.84. The van der Waals surface area contributed by atoms with Crippen molar-refractivity contribution in [1.29, 1.82) is 0 Å². The van der Waals surface area contributed by atoms with Crippen LogP contribution in [0.2, 0.25) is 0 Å². The minimum atomic E-state index is -0.617. The molecular formula is C24H28N6O4. The van der Waals surface area contributed by atoms with Gasteiger partial charge in [-0.2, -0.15) is 5.10 Å². The molecule has 10 heteroatoms. The summed E-state index contributed by atoms with van der Waals surface area (Å²) in [6, 6.07) is 6.36.